The zero-order chi connectivity index (χ0) is 124. The van der Waals surface area contributed by atoms with Gasteiger partial charge in [0.25, 0.3) is 0 Å². The fourth-order valence-corrected chi connectivity index (χ4v) is 11.9. The van der Waals surface area contributed by atoms with Crippen LogP contribution in [-0.4, -0.2) is 48.2 Å². The summed E-state index contributed by atoms with van der Waals surface area (Å²) in [5.41, 5.74) is -15.2. The van der Waals surface area contributed by atoms with Crippen LogP contribution in [0.1, 0.15) is 93.4 Å². The second kappa shape index (κ2) is 26.3. The van der Waals surface area contributed by atoms with Crippen LogP contribution in [0.25, 0.3) is 189 Å². The van der Waals surface area contributed by atoms with Crippen molar-refractivity contribution in [3.8, 4) is 102 Å². The van der Waals surface area contributed by atoms with Crippen LogP contribution in [0.3, 0.4) is 0 Å². The topological polar surface area (TPSA) is 97.1 Å². The van der Waals surface area contributed by atoms with E-state index in [9.17, 15) is 26.0 Å². The molecule has 10 nitrogen and oxygen atoms in total. The standard InChI is InChI=1S/C52H35N5.C46H31N5/c1-34-14-11-17-36(30-34)37-18-12-19-38(31-37)51-53-50(35-15-3-2-4-16-35)54-52(55-51)39-20-13-21-40(32-39)56-48-27-10-7-24-44(48)45-33-41(28-29-49(45)56)57-46-25-8-5-22-42(46)43-23-6-9-26-47(43)57;1-30-13-11-16-32(27-30)45-47-44(31-14-3-2-4-15-31)48-46(49-45)33-17-12-18-34(28-33)50-42-24-10-7-21-38(42)39-29-35(25-26-43(39)50)51-40-22-8-5-19-36(40)37-20-6-9-23-41(37)51/h2-33H,1H3;2-29H,1H3/i2D,3D,4D,5D,6D,7D,8D,9D,10D,11D,12D,13D,14D,15D,16D,17D,18D,19D,20D,21D,22D,23D,24D,25D,26D,27D,28D,29D,30D,31D,32D,33D;2D,3D,4D,5D,6D,7D,8D,9D,10D,11D,12D,13D,14D,15D,16D,17D,18D,19D,20D,21D,22D,23D,24D,25D,26D,27D,28D,29D. The van der Waals surface area contributed by atoms with E-state index >= 15 is 0 Å². The summed E-state index contributed by atoms with van der Waals surface area (Å²) in [6.45, 7) is 2.53. The van der Waals surface area contributed by atoms with Crippen molar-refractivity contribution in [3.05, 3.63) is 374 Å². The Morgan fingerprint density at radius 2 is 0.407 bits per heavy atom. The average Bonchev–Trinajstić information content (AvgIpc) is 1.52. The lowest BCUT2D eigenvalue weighted by molar-refractivity contribution is 1.07. The van der Waals surface area contributed by atoms with Gasteiger partial charge in [0, 0.05) is 99.2 Å². The first kappa shape index (κ1) is 26.9. The Bertz CT molecular complexity index is 10600. The van der Waals surface area contributed by atoms with Crippen LogP contribution in [0, 0.1) is 13.8 Å². The van der Waals surface area contributed by atoms with E-state index in [4.69, 9.17) is 56.2 Å². The van der Waals surface area contributed by atoms with Crippen LogP contribution in [0.5, 0.6) is 0 Å². The molecule has 0 aliphatic heterocycles. The zero-order valence-corrected chi connectivity index (χ0v) is 54.5. The smallest absolute Gasteiger partial charge is 0.164 e. The Labute approximate surface area is 707 Å². The van der Waals surface area contributed by atoms with Crippen LogP contribution in [0.15, 0.2) is 363 Å². The molecule has 6 aromatic heterocycles. The number of hydrogen-bond donors (Lipinski definition) is 0. The van der Waals surface area contributed by atoms with Crippen LogP contribution >= 0.6 is 0 Å². The molecule has 0 atom stereocenters. The Morgan fingerprint density at radius 3 is 0.769 bits per heavy atom. The third-order valence-corrected chi connectivity index (χ3v) is 16.5. The molecule has 15 aromatic carbocycles. The normalized spacial score (nSPS) is 19.4. The fourth-order valence-electron chi connectivity index (χ4n) is 11.9. The highest BCUT2D eigenvalue weighted by atomic mass is 15.1. The van der Waals surface area contributed by atoms with Gasteiger partial charge in [0.1, 0.15) is 0 Å². The maximum atomic E-state index is 10.0. The molecule has 0 amide bonds. The van der Waals surface area contributed by atoms with E-state index in [0.29, 0.717) is 9.13 Å². The number of hydrogen-bond acceptors (Lipinski definition) is 6. The molecule has 0 saturated carbocycles. The van der Waals surface area contributed by atoms with Crippen LogP contribution in [0.2, 0.25) is 0 Å². The molecule has 0 aliphatic carbocycles. The third-order valence-electron chi connectivity index (χ3n) is 16.5. The van der Waals surface area contributed by atoms with Crippen molar-refractivity contribution < 1.29 is 82.2 Å². The molecule has 21 aromatic rings. The van der Waals surface area contributed by atoms with Gasteiger partial charge >= 0.3 is 0 Å². The van der Waals surface area contributed by atoms with Crippen molar-refractivity contribution >= 4 is 87.2 Å². The van der Waals surface area contributed by atoms with E-state index in [1.807, 2.05) is 0 Å². The molecule has 0 bridgehead atoms. The van der Waals surface area contributed by atoms with Gasteiger partial charge in [0.2, 0.25) is 0 Å². The van der Waals surface area contributed by atoms with Gasteiger partial charge in [-0.2, -0.15) is 0 Å². The Hall–Kier alpha value is -14.5. The van der Waals surface area contributed by atoms with Gasteiger partial charge in [-0.05, 0) is 134 Å². The number of fused-ring (bicyclic) bond motifs is 12. The van der Waals surface area contributed by atoms with E-state index in [-0.39, 0.29) is 11.1 Å². The SMILES string of the molecule is [2H]c1c([2H])c([2H])c(-c2nc(-c3c([2H])c([2H])c([2H])c(-c4c([2H])c([2H])c([2H])c(C)c4[2H])c3[2H])nc(-c3c([2H])c([2H])c([2H])c(-n4c5c([2H])c([2H])c([2H])c([2H])c5c5c([2H])c(-n6c7c([2H])c([2H])c([2H])c([2H])c7c7c([2H])c([2H])c([2H])c([2H])c76)c([2H])c([2H])c54)c3[2H])n2)c([2H])c1[2H].[2H]c1c([2H])c([2H])c(-c2nc(-c3c([2H])c([2H])c([2H])c(C)c3[2H])nc(-c3c([2H])c([2H])c([2H])c(-n4c5c([2H])c([2H])c([2H])c([2H])c5c5c([2H])c(-n6c7c([2H])c([2H])c([2H])c([2H])c7c7c([2H])c([2H])c([2H])c([2H])c76)c([2H])c([2H])c54)c3[2H])n2)c([2H])c1[2H]. The maximum absolute atomic E-state index is 10.0. The highest BCUT2D eigenvalue weighted by molar-refractivity contribution is 6.14. The predicted octanol–water partition coefficient (Wildman–Crippen LogP) is 24.4. The van der Waals surface area contributed by atoms with E-state index in [1.165, 1.54) is 13.8 Å². The number of para-hydroxylation sites is 6. The Kier molecular flexibility index (Phi) is 6.56. The quantitative estimate of drug-likeness (QED) is 0.128. The Balaban J connectivity index is 0.000000200. The molecular weight excluding hydrogens is 1320 g/mol. The average molecular weight is 1440 g/mol. The molecule has 21 rings (SSSR count). The summed E-state index contributed by atoms with van der Waals surface area (Å²) in [6, 6.07) is -54.5. The molecule has 0 spiro atoms. The largest absolute Gasteiger partial charge is 0.309 e. The van der Waals surface area contributed by atoms with Crippen LogP contribution in [0.4, 0.5) is 0 Å². The van der Waals surface area contributed by atoms with Crippen molar-refractivity contribution in [2.75, 3.05) is 0 Å². The Morgan fingerprint density at radius 1 is 0.176 bits per heavy atom. The lowest BCUT2D eigenvalue weighted by Gasteiger charge is -2.12. The fraction of sp³-hybridized carbons (Fsp3) is 0.0204. The van der Waals surface area contributed by atoms with Crippen molar-refractivity contribution in [2.45, 2.75) is 13.8 Å². The van der Waals surface area contributed by atoms with Gasteiger partial charge < -0.3 is 18.3 Å². The molecule has 0 fully saturated rings. The van der Waals surface area contributed by atoms with Crippen LogP contribution in [-0.2, 0) is 0 Å². The van der Waals surface area contributed by atoms with Gasteiger partial charge in [0.05, 0.1) is 126 Å². The van der Waals surface area contributed by atoms with Crippen molar-refractivity contribution in [2.24, 2.45) is 0 Å². The monoisotopic (exact) mass is 1440 g/mol. The van der Waals surface area contributed by atoms with Crippen molar-refractivity contribution in [3.63, 3.8) is 0 Å². The zero-order valence-electron chi connectivity index (χ0n) is 114. The summed E-state index contributed by atoms with van der Waals surface area (Å²) in [6.07, 6.45) is 0. The highest BCUT2D eigenvalue weighted by Crippen LogP contribution is 2.41. The number of rotatable bonds is 11. The molecule has 0 N–H and O–H groups in total. The van der Waals surface area contributed by atoms with Gasteiger partial charge in [-0.15, -0.1) is 0 Å². The minimum absolute atomic E-state index is 0.154. The van der Waals surface area contributed by atoms with E-state index < -0.39 is 552 Å². The number of aromatic nitrogens is 10. The van der Waals surface area contributed by atoms with Gasteiger partial charge in [-0.25, -0.2) is 29.9 Å². The van der Waals surface area contributed by atoms with Crippen molar-refractivity contribution in [1.82, 2.24) is 48.2 Å². The first-order valence-corrected chi connectivity index (χ1v) is 31.6. The van der Waals surface area contributed by atoms with E-state index in [2.05, 4.69) is 29.9 Å². The molecule has 0 aliphatic rings. The summed E-state index contributed by atoms with van der Waals surface area (Å²) < 4.78 is 541. The number of benzene rings is 15. The van der Waals surface area contributed by atoms with Gasteiger partial charge in [-0.1, -0.05) is 265 Å². The molecule has 0 unspecified atom stereocenters. The third kappa shape index (κ3) is 11.1. The molecule has 0 saturated heterocycles. The first-order chi connectivity index (χ1) is 78.4. The van der Waals surface area contributed by atoms with E-state index in [1.54, 1.807) is 0 Å². The van der Waals surface area contributed by atoms with Crippen LogP contribution < -0.4 is 0 Å². The van der Waals surface area contributed by atoms with Gasteiger partial charge in [0.15, 0.2) is 34.9 Å². The highest BCUT2D eigenvalue weighted by Gasteiger charge is 2.22. The first-order valence-electron chi connectivity index (χ1n) is 61.6. The molecule has 10 heteroatoms. The van der Waals surface area contributed by atoms with Gasteiger partial charge in [-0.3, -0.25) is 0 Å². The molecule has 0 radical (unpaired) electrons. The minimum atomic E-state index is -1.16. The summed E-state index contributed by atoms with van der Waals surface area (Å²) in [5.74, 6) is -5.28. The molecular formula is C98H66N10. The summed E-state index contributed by atoms with van der Waals surface area (Å²) in [5, 5.41) is -4.58. The number of nitrogens with zero attached hydrogens (tertiary/aromatic N) is 10. The minimum Gasteiger partial charge on any atom is -0.309 e. The summed E-state index contributed by atoms with van der Waals surface area (Å²) in [7, 11) is 0. The summed E-state index contributed by atoms with van der Waals surface area (Å²) in [4.78, 5) is 26.0. The molecule has 6 heterocycles. The van der Waals surface area contributed by atoms with E-state index in [0.717, 1.165) is 9.13 Å². The predicted molar refractivity (Wildman–Crippen MR) is 445 cm³/mol. The second-order valence-corrected chi connectivity index (χ2v) is 22.9. The maximum Gasteiger partial charge on any atom is 0.164 e. The molecule has 508 valence electrons. The summed E-state index contributed by atoms with van der Waals surface area (Å²) >= 11 is 0. The lowest BCUT2D eigenvalue weighted by Crippen LogP contribution is -2.01. The molecule has 108 heavy (non-hydrogen) atoms. The second-order valence-electron chi connectivity index (χ2n) is 22.9. The van der Waals surface area contributed by atoms with Crippen molar-refractivity contribution in [1.29, 1.82) is 0 Å². The lowest BCUT2D eigenvalue weighted by atomic mass is 10.0.